The topological polar surface area (TPSA) is 57.6 Å². The minimum absolute atomic E-state index is 0.265. The van der Waals surface area contributed by atoms with Gasteiger partial charge in [0.2, 0.25) is 10.0 Å². The molecule has 1 N–H and O–H groups in total. The highest BCUT2D eigenvalue weighted by atomic mass is 32.2. The second-order valence-corrected chi connectivity index (χ2v) is 7.74. The third kappa shape index (κ3) is 4.04. The normalized spacial score (nSPS) is 13.2. The zero-order valence-electron chi connectivity index (χ0n) is 14.4. The number of aliphatic hydroxyl groups excluding tert-OH is 1. The summed E-state index contributed by atoms with van der Waals surface area (Å²) in [5.41, 5.74) is 2.41. The summed E-state index contributed by atoms with van der Waals surface area (Å²) < 4.78 is 27.2. The van der Waals surface area contributed by atoms with Crippen LogP contribution >= 0.6 is 0 Å². The number of aryl methyl sites for hydroxylation is 1. The van der Waals surface area contributed by atoms with Gasteiger partial charge in [-0.3, -0.25) is 0 Å². The quantitative estimate of drug-likeness (QED) is 0.836. The number of hydrogen-bond acceptors (Lipinski definition) is 3. The number of benzene rings is 2. The van der Waals surface area contributed by atoms with Gasteiger partial charge < -0.3 is 5.11 Å². The van der Waals surface area contributed by atoms with E-state index in [2.05, 4.69) is 0 Å². The first-order valence-corrected chi connectivity index (χ1v) is 9.66. The molecule has 130 valence electrons. The van der Waals surface area contributed by atoms with Crippen molar-refractivity contribution in [2.75, 3.05) is 13.1 Å². The van der Waals surface area contributed by atoms with E-state index in [4.69, 9.17) is 0 Å². The van der Waals surface area contributed by atoms with Crippen LogP contribution in [0.15, 0.2) is 53.4 Å². The van der Waals surface area contributed by atoms with Crippen LogP contribution in [0.1, 0.15) is 36.6 Å². The van der Waals surface area contributed by atoms with Gasteiger partial charge in [-0.25, -0.2) is 8.42 Å². The van der Waals surface area contributed by atoms with Gasteiger partial charge in [0.1, 0.15) is 0 Å². The van der Waals surface area contributed by atoms with Gasteiger partial charge >= 0.3 is 0 Å². The smallest absolute Gasteiger partial charge is 0.243 e. The van der Waals surface area contributed by atoms with E-state index < -0.39 is 16.1 Å². The second kappa shape index (κ2) is 7.92. The Kier molecular flexibility index (Phi) is 6.15. The van der Waals surface area contributed by atoms with E-state index in [1.165, 1.54) is 4.31 Å². The highest BCUT2D eigenvalue weighted by molar-refractivity contribution is 7.89. The fourth-order valence-corrected chi connectivity index (χ4v) is 4.49. The summed E-state index contributed by atoms with van der Waals surface area (Å²) in [5, 5.41) is 10.5. The number of hydrogen-bond donors (Lipinski definition) is 1. The molecule has 0 amide bonds. The molecular formula is C19H25NO3S. The average Bonchev–Trinajstić information content (AvgIpc) is 2.56. The van der Waals surface area contributed by atoms with Crippen LogP contribution in [0, 0.1) is 6.92 Å². The monoisotopic (exact) mass is 347 g/mol. The Labute approximate surface area is 144 Å². The van der Waals surface area contributed by atoms with Gasteiger partial charge in [0, 0.05) is 19.5 Å². The van der Waals surface area contributed by atoms with E-state index >= 15 is 0 Å². The molecule has 0 aliphatic carbocycles. The standard InChI is InChI=1S/C19H25NO3S/c1-4-20(5-2)24(22,23)19-12-11-15(3)13-17(19)14-18(21)16-9-7-6-8-10-16/h6-13,18,21H,4-5,14H2,1-3H3. The molecule has 2 aromatic rings. The summed E-state index contributed by atoms with van der Waals surface area (Å²) in [4.78, 5) is 0.284. The Morgan fingerprint density at radius 1 is 1.04 bits per heavy atom. The first-order chi connectivity index (χ1) is 11.4. The minimum Gasteiger partial charge on any atom is -0.388 e. The van der Waals surface area contributed by atoms with Crippen LogP contribution in [0.4, 0.5) is 0 Å². The summed E-state index contributed by atoms with van der Waals surface area (Å²) in [6.07, 6.45) is -0.472. The molecule has 5 heteroatoms. The third-order valence-electron chi connectivity index (χ3n) is 4.14. The highest BCUT2D eigenvalue weighted by Gasteiger charge is 2.25. The van der Waals surface area contributed by atoms with E-state index in [0.717, 1.165) is 11.1 Å². The predicted octanol–water partition coefficient (Wildman–Crippen LogP) is 3.30. The van der Waals surface area contributed by atoms with Gasteiger partial charge in [0.05, 0.1) is 11.0 Å². The second-order valence-electron chi connectivity index (χ2n) is 5.83. The maximum absolute atomic E-state index is 12.9. The molecule has 0 aliphatic rings. The van der Waals surface area contributed by atoms with Gasteiger partial charge in [-0.2, -0.15) is 4.31 Å². The van der Waals surface area contributed by atoms with Crippen molar-refractivity contribution in [3.8, 4) is 0 Å². The Morgan fingerprint density at radius 3 is 2.25 bits per heavy atom. The SMILES string of the molecule is CCN(CC)S(=O)(=O)c1ccc(C)cc1CC(O)c1ccccc1. The summed E-state index contributed by atoms with van der Waals surface area (Å²) in [7, 11) is -3.55. The number of aliphatic hydroxyl groups is 1. The van der Waals surface area contributed by atoms with E-state index in [1.54, 1.807) is 12.1 Å². The molecule has 0 radical (unpaired) electrons. The van der Waals surface area contributed by atoms with Gasteiger partial charge in [-0.05, 0) is 24.1 Å². The lowest BCUT2D eigenvalue weighted by Crippen LogP contribution is -2.31. The van der Waals surface area contributed by atoms with Crippen LogP contribution < -0.4 is 0 Å². The zero-order chi connectivity index (χ0) is 17.7. The molecule has 1 unspecified atom stereocenters. The highest BCUT2D eigenvalue weighted by Crippen LogP contribution is 2.26. The summed E-state index contributed by atoms with van der Waals surface area (Å²) in [6, 6.07) is 14.6. The van der Waals surface area contributed by atoms with Crippen molar-refractivity contribution in [1.82, 2.24) is 4.31 Å². The van der Waals surface area contributed by atoms with E-state index in [1.807, 2.05) is 57.2 Å². The van der Waals surface area contributed by atoms with Crippen LogP contribution in [0.2, 0.25) is 0 Å². The Balaban J connectivity index is 2.42. The van der Waals surface area contributed by atoms with Crippen molar-refractivity contribution in [2.24, 2.45) is 0 Å². The van der Waals surface area contributed by atoms with Crippen LogP contribution in [0.3, 0.4) is 0 Å². The third-order valence-corrected chi connectivity index (χ3v) is 6.29. The van der Waals surface area contributed by atoms with Gasteiger partial charge in [-0.1, -0.05) is 61.9 Å². The fraction of sp³-hybridized carbons (Fsp3) is 0.368. The van der Waals surface area contributed by atoms with Crippen LogP contribution in [0.25, 0.3) is 0 Å². The number of rotatable bonds is 7. The first kappa shape index (κ1) is 18.6. The lowest BCUT2D eigenvalue weighted by atomic mass is 10.0. The molecule has 2 aromatic carbocycles. The van der Waals surface area contributed by atoms with E-state index in [0.29, 0.717) is 18.7 Å². The Bertz CT molecular complexity index is 768. The molecule has 1 atom stereocenters. The lowest BCUT2D eigenvalue weighted by molar-refractivity contribution is 0.177. The average molecular weight is 347 g/mol. The molecule has 0 aromatic heterocycles. The molecular weight excluding hydrogens is 322 g/mol. The first-order valence-electron chi connectivity index (χ1n) is 8.22. The van der Waals surface area contributed by atoms with Crippen molar-refractivity contribution in [3.63, 3.8) is 0 Å². The predicted molar refractivity (Wildman–Crippen MR) is 96.4 cm³/mol. The van der Waals surface area contributed by atoms with Crippen LogP contribution in [0.5, 0.6) is 0 Å². The fourth-order valence-electron chi connectivity index (χ4n) is 2.82. The molecule has 2 rings (SSSR count). The largest absolute Gasteiger partial charge is 0.388 e. The van der Waals surface area contributed by atoms with E-state index in [-0.39, 0.29) is 11.3 Å². The molecule has 4 nitrogen and oxygen atoms in total. The summed E-state index contributed by atoms with van der Waals surface area (Å²) >= 11 is 0. The van der Waals surface area contributed by atoms with Gasteiger partial charge in [0.25, 0.3) is 0 Å². The molecule has 0 saturated heterocycles. The number of sulfonamides is 1. The van der Waals surface area contributed by atoms with Crippen LogP contribution in [-0.4, -0.2) is 30.9 Å². The Hall–Kier alpha value is -1.69. The summed E-state index contributed by atoms with van der Waals surface area (Å²) in [6.45, 7) is 6.43. The molecule has 0 heterocycles. The Morgan fingerprint density at radius 2 is 1.67 bits per heavy atom. The van der Waals surface area contributed by atoms with Crippen molar-refractivity contribution in [3.05, 3.63) is 65.2 Å². The van der Waals surface area contributed by atoms with Crippen molar-refractivity contribution < 1.29 is 13.5 Å². The van der Waals surface area contributed by atoms with Crippen molar-refractivity contribution in [2.45, 2.75) is 38.2 Å². The maximum Gasteiger partial charge on any atom is 0.243 e. The van der Waals surface area contributed by atoms with Gasteiger partial charge in [-0.15, -0.1) is 0 Å². The molecule has 0 bridgehead atoms. The van der Waals surface area contributed by atoms with Gasteiger partial charge in [0.15, 0.2) is 0 Å². The van der Waals surface area contributed by atoms with Crippen LogP contribution in [-0.2, 0) is 16.4 Å². The van der Waals surface area contributed by atoms with Crippen molar-refractivity contribution >= 4 is 10.0 Å². The minimum atomic E-state index is -3.55. The van der Waals surface area contributed by atoms with E-state index in [9.17, 15) is 13.5 Å². The number of nitrogens with zero attached hydrogens (tertiary/aromatic N) is 1. The molecule has 0 fully saturated rings. The molecule has 0 saturated carbocycles. The zero-order valence-corrected chi connectivity index (χ0v) is 15.3. The maximum atomic E-state index is 12.9. The van der Waals surface area contributed by atoms with Crippen molar-refractivity contribution in [1.29, 1.82) is 0 Å². The molecule has 0 spiro atoms. The lowest BCUT2D eigenvalue weighted by Gasteiger charge is -2.22. The summed E-state index contributed by atoms with van der Waals surface area (Å²) in [5.74, 6) is 0. The molecule has 0 aliphatic heterocycles. The molecule has 24 heavy (non-hydrogen) atoms.